The van der Waals surface area contributed by atoms with Gasteiger partial charge in [0, 0.05) is 5.56 Å². The second kappa shape index (κ2) is 2.90. The number of phenolic OH excluding ortho intramolecular Hbond substituents is 1. The Balaban J connectivity index is 2.66. The first kappa shape index (κ1) is 9.85. The van der Waals surface area contributed by atoms with Crippen molar-refractivity contribution in [3.63, 3.8) is 0 Å². The number of fused-ring (bicyclic) bond motifs is 1. The van der Waals surface area contributed by atoms with Gasteiger partial charge in [-0.2, -0.15) is 8.78 Å². The molecule has 0 amide bonds. The maximum absolute atomic E-state index is 12.9. The van der Waals surface area contributed by atoms with Gasteiger partial charge in [-0.15, -0.1) is 0 Å². The van der Waals surface area contributed by atoms with Gasteiger partial charge in [0.15, 0.2) is 12.4 Å². The van der Waals surface area contributed by atoms with Crippen molar-refractivity contribution >= 4 is 6.29 Å². The van der Waals surface area contributed by atoms with Crippen molar-refractivity contribution < 1.29 is 28.5 Å². The van der Waals surface area contributed by atoms with Crippen molar-refractivity contribution in [2.24, 2.45) is 0 Å². The van der Waals surface area contributed by atoms with E-state index in [1.54, 1.807) is 0 Å². The van der Waals surface area contributed by atoms with Crippen molar-refractivity contribution in [3.05, 3.63) is 23.3 Å². The van der Waals surface area contributed by atoms with Gasteiger partial charge in [-0.25, -0.2) is 0 Å². The number of hydrogen-bond donors (Lipinski definition) is 2. The van der Waals surface area contributed by atoms with Crippen molar-refractivity contribution in [3.8, 4) is 11.5 Å². The van der Waals surface area contributed by atoms with E-state index < -0.39 is 18.0 Å². The zero-order chi connectivity index (χ0) is 11.2. The Hall–Kier alpha value is -1.69. The number of aliphatic hydroxyl groups excluding tert-OH is 1. The van der Waals surface area contributed by atoms with Crippen LogP contribution in [0, 0.1) is 0 Å². The van der Waals surface area contributed by atoms with Crippen LogP contribution in [0.4, 0.5) is 8.78 Å². The second-order valence-electron chi connectivity index (χ2n) is 3.09. The van der Waals surface area contributed by atoms with Crippen molar-refractivity contribution in [1.29, 1.82) is 0 Å². The molecule has 1 aliphatic rings. The molecule has 0 saturated carbocycles. The number of aldehydes is 1. The summed E-state index contributed by atoms with van der Waals surface area (Å²) in [5.74, 6) is -0.767. The average Bonchev–Trinajstić information content (AvgIpc) is 2.40. The smallest absolute Gasteiger partial charge is 0.429 e. The average molecular weight is 216 g/mol. The van der Waals surface area contributed by atoms with E-state index in [0.29, 0.717) is 0 Å². The minimum atomic E-state index is -3.77. The molecule has 0 radical (unpaired) electrons. The molecule has 15 heavy (non-hydrogen) atoms. The fourth-order valence-electron chi connectivity index (χ4n) is 1.47. The Morgan fingerprint density at radius 3 is 2.73 bits per heavy atom. The molecule has 1 unspecified atom stereocenters. The summed E-state index contributed by atoms with van der Waals surface area (Å²) in [6.07, 6.45) is -5.81. The Bertz CT molecular complexity index is 430. The summed E-state index contributed by atoms with van der Waals surface area (Å²) in [6, 6.07) is 2.12. The standard InChI is InChI=1S/C9H6F2O4/c10-9(11)8(14)7-4(3-12)5(13)1-2-6(7)15-9/h1-3,8,13-14H. The number of rotatable bonds is 1. The number of carbonyl (C=O) groups is 1. The molecular formula is C9H6F2O4. The third-order valence-electron chi connectivity index (χ3n) is 2.18. The van der Waals surface area contributed by atoms with Crippen LogP contribution in [-0.4, -0.2) is 22.6 Å². The first-order valence-electron chi connectivity index (χ1n) is 4.03. The number of alkyl halides is 2. The lowest BCUT2D eigenvalue weighted by molar-refractivity contribution is -0.224. The van der Waals surface area contributed by atoms with Crippen LogP contribution in [0.25, 0.3) is 0 Å². The number of benzene rings is 1. The lowest BCUT2D eigenvalue weighted by Crippen LogP contribution is -2.26. The van der Waals surface area contributed by atoms with E-state index in [-0.39, 0.29) is 23.2 Å². The van der Waals surface area contributed by atoms with Gasteiger partial charge in [-0.1, -0.05) is 0 Å². The molecule has 2 N–H and O–H groups in total. The number of halogens is 2. The Morgan fingerprint density at radius 2 is 2.13 bits per heavy atom. The Labute approximate surface area is 82.7 Å². The normalized spacial score (nSPS) is 21.9. The van der Waals surface area contributed by atoms with Gasteiger partial charge in [0.25, 0.3) is 0 Å². The molecule has 1 aromatic carbocycles. The molecule has 1 aliphatic heterocycles. The number of phenols is 1. The van der Waals surface area contributed by atoms with Crippen LogP contribution in [0.2, 0.25) is 0 Å². The maximum Gasteiger partial charge on any atom is 0.429 e. The predicted octanol–water partition coefficient (Wildman–Crippen LogP) is 1.22. The third kappa shape index (κ3) is 1.25. The molecule has 2 rings (SSSR count). The highest BCUT2D eigenvalue weighted by Crippen LogP contribution is 2.48. The lowest BCUT2D eigenvalue weighted by Gasteiger charge is -2.11. The molecule has 0 saturated heterocycles. The number of aliphatic hydroxyl groups is 1. The number of ether oxygens (including phenoxy) is 1. The largest absolute Gasteiger partial charge is 0.507 e. The summed E-state index contributed by atoms with van der Waals surface area (Å²) in [4.78, 5) is 10.6. The molecule has 0 fully saturated rings. The van der Waals surface area contributed by atoms with E-state index in [1.807, 2.05) is 0 Å². The van der Waals surface area contributed by atoms with Crippen molar-refractivity contribution in [2.75, 3.05) is 0 Å². The van der Waals surface area contributed by atoms with E-state index in [2.05, 4.69) is 4.74 Å². The third-order valence-corrected chi connectivity index (χ3v) is 2.18. The minimum absolute atomic E-state index is 0.197. The van der Waals surface area contributed by atoms with Gasteiger partial charge in [0.05, 0.1) is 5.56 Å². The lowest BCUT2D eigenvalue weighted by atomic mass is 10.0. The van der Waals surface area contributed by atoms with Crippen LogP contribution in [0.1, 0.15) is 22.0 Å². The van der Waals surface area contributed by atoms with Crippen LogP contribution >= 0.6 is 0 Å². The molecule has 1 heterocycles. The van der Waals surface area contributed by atoms with E-state index in [1.165, 1.54) is 0 Å². The molecule has 0 aliphatic carbocycles. The number of hydrogen-bond acceptors (Lipinski definition) is 4. The molecule has 6 heteroatoms. The fourth-order valence-corrected chi connectivity index (χ4v) is 1.47. The molecule has 1 atom stereocenters. The molecule has 1 aromatic rings. The Kier molecular flexibility index (Phi) is 1.90. The topological polar surface area (TPSA) is 66.8 Å². The SMILES string of the molecule is O=Cc1c(O)ccc2c1C(O)C(F)(F)O2. The van der Waals surface area contributed by atoms with Crippen LogP contribution in [-0.2, 0) is 0 Å². The molecule has 0 bridgehead atoms. The molecular weight excluding hydrogens is 210 g/mol. The van der Waals surface area contributed by atoms with Gasteiger partial charge in [0.2, 0.25) is 0 Å². The van der Waals surface area contributed by atoms with Crippen LogP contribution in [0.15, 0.2) is 12.1 Å². The monoisotopic (exact) mass is 216 g/mol. The highest BCUT2D eigenvalue weighted by atomic mass is 19.3. The summed E-state index contributed by atoms with van der Waals surface area (Å²) in [5, 5.41) is 18.4. The second-order valence-corrected chi connectivity index (χ2v) is 3.09. The highest BCUT2D eigenvalue weighted by Gasteiger charge is 2.51. The van der Waals surface area contributed by atoms with E-state index in [4.69, 9.17) is 0 Å². The van der Waals surface area contributed by atoms with Gasteiger partial charge in [-0.05, 0) is 12.1 Å². The van der Waals surface area contributed by atoms with Gasteiger partial charge >= 0.3 is 6.11 Å². The molecule has 80 valence electrons. The summed E-state index contributed by atoms with van der Waals surface area (Å²) in [6.45, 7) is 0. The summed E-state index contributed by atoms with van der Waals surface area (Å²) in [7, 11) is 0. The Morgan fingerprint density at radius 1 is 1.47 bits per heavy atom. The highest BCUT2D eigenvalue weighted by molar-refractivity contribution is 5.83. The van der Waals surface area contributed by atoms with Crippen LogP contribution < -0.4 is 4.74 Å². The van der Waals surface area contributed by atoms with Gasteiger partial charge in [-0.3, -0.25) is 4.79 Å². The predicted molar refractivity (Wildman–Crippen MR) is 44.0 cm³/mol. The summed E-state index contributed by atoms with van der Waals surface area (Å²) >= 11 is 0. The molecule has 4 nitrogen and oxygen atoms in total. The number of aromatic hydroxyl groups is 1. The summed E-state index contributed by atoms with van der Waals surface area (Å²) in [5.41, 5.74) is -0.757. The zero-order valence-corrected chi connectivity index (χ0v) is 7.28. The van der Waals surface area contributed by atoms with Crippen molar-refractivity contribution in [1.82, 2.24) is 0 Å². The van der Waals surface area contributed by atoms with Crippen LogP contribution in [0.3, 0.4) is 0 Å². The van der Waals surface area contributed by atoms with E-state index >= 15 is 0 Å². The molecule has 0 aromatic heterocycles. The summed E-state index contributed by atoms with van der Waals surface area (Å²) < 4.78 is 30.0. The van der Waals surface area contributed by atoms with Gasteiger partial charge in [0.1, 0.15) is 11.5 Å². The fraction of sp³-hybridized carbons (Fsp3) is 0.222. The maximum atomic E-state index is 12.9. The first-order chi connectivity index (χ1) is 6.97. The van der Waals surface area contributed by atoms with E-state index in [0.717, 1.165) is 12.1 Å². The number of carbonyl (C=O) groups excluding carboxylic acids is 1. The molecule has 0 spiro atoms. The minimum Gasteiger partial charge on any atom is -0.507 e. The van der Waals surface area contributed by atoms with Crippen molar-refractivity contribution in [2.45, 2.75) is 12.2 Å². The first-order valence-corrected chi connectivity index (χ1v) is 4.03. The van der Waals surface area contributed by atoms with E-state index in [9.17, 15) is 23.8 Å². The zero-order valence-electron chi connectivity index (χ0n) is 7.28. The quantitative estimate of drug-likeness (QED) is 0.692. The van der Waals surface area contributed by atoms with Gasteiger partial charge < -0.3 is 14.9 Å². The van der Waals surface area contributed by atoms with Crippen LogP contribution in [0.5, 0.6) is 11.5 Å².